The van der Waals surface area contributed by atoms with Crippen molar-refractivity contribution < 1.29 is 0 Å². The summed E-state index contributed by atoms with van der Waals surface area (Å²) in [5, 5.41) is 6.83. The second kappa shape index (κ2) is 7.36. The van der Waals surface area contributed by atoms with Gasteiger partial charge in [0, 0.05) is 17.3 Å². The average Bonchev–Trinajstić information content (AvgIpc) is 2.88. The van der Waals surface area contributed by atoms with E-state index in [2.05, 4.69) is 29.4 Å². The summed E-state index contributed by atoms with van der Waals surface area (Å²) in [6.45, 7) is 8.14. The number of nitrogens with zero attached hydrogens (tertiary/aromatic N) is 2. The van der Waals surface area contributed by atoms with Gasteiger partial charge in [0.25, 0.3) is 0 Å². The molecule has 0 spiro atoms. The fraction of sp³-hybridized carbons (Fsp3) is 0.800. The molecule has 2 heterocycles. The summed E-state index contributed by atoms with van der Waals surface area (Å²) in [5.41, 5.74) is 1.29. The summed E-state index contributed by atoms with van der Waals surface area (Å²) < 4.78 is 0. The molecule has 0 atom stereocenters. The van der Waals surface area contributed by atoms with Gasteiger partial charge in [-0.15, -0.1) is 11.3 Å². The molecule has 0 saturated carbocycles. The van der Waals surface area contributed by atoms with Gasteiger partial charge in [0.15, 0.2) is 0 Å². The van der Waals surface area contributed by atoms with Crippen LogP contribution in [0.2, 0.25) is 0 Å². The predicted octanol–water partition coefficient (Wildman–Crippen LogP) is 2.88. The topological polar surface area (TPSA) is 28.2 Å². The Labute approximate surface area is 121 Å². The highest BCUT2D eigenvalue weighted by Crippen LogP contribution is 2.31. The van der Waals surface area contributed by atoms with Crippen molar-refractivity contribution in [3.63, 3.8) is 0 Å². The van der Waals surface area contributed by atoms with E-state index >= 15 is 0 Å². The van der Waals surface area contributed by atoms with E-state index in [1.807, 2.05) is 18.4 Å². The number of rotatable bonds is 6. The van der Waals surface area contributed by atoms with Gasteiger partial charge >= 0.3 is 0 Å². The Kier molecular flexibility index (Phi) is 5.79. The molecule has 1 N–H and O–H groups in total. The third-order valence-electron chi connectivity index (χ3n) is 4.04. The third-order valence-corrected chi connectivity index (χ3v) is 5.09. The first kappa shape index (κ1) is 14.9. The number of nitrogens with one attached hydrogen (secondary N) is 1. The minimum absolute atomic E-state index is 0.689. The van der Waals surface area contributed by atoms with Gasteiger partial charge in [-0.2, -0.15) is 0 Å². The summed E-state index contributed by atoms with van der Waals surface area (Å²) in [4.78, 5) is 7.43. The Morgan fingerprint density at radius 2 is 2.16 bits per heavy atom. The molecule has 0 bridgehead atoms. The maximum atomic E-state index is 4.85. The molecule has 1 aromatic heterocycles. The molecule has 0 aliphatic carbocycles. The largest absolute Gasteiger partial charge is 0.320 e. The number of aromatic nitrogens is 1. The Morgan fingerprint density at radius 1 is 1.42 bits per heavy atom. The van der Waals surface area contributed by atoms with Crippen molar-refractivity contribution in [2.24, 2.45) is 0 Å². The maximum Gasteiger partial charge on any atom is 0.0960 e. The van der Waals surface area contributed by atoms with Crippen molar-refractivity contribution in [2.45, 2.75) is 51.5 Å². The van der Waals surface area contributed by atoms with Crippen molar-refractivity contribution in [1.29, 1.82) is 0 Å². The van der Waals surface area contributed by atoms with Crippen LogP contribution < -0.4 is 5.32 Å². The zero-order valence-corrected chi connectivity index (χ0v) is 13.3. The fourth-order valence-electron chi connectivity index (χ4n) is 2.73. The number of piperidine rings is 1. The Bertz CT molecular complexity index is 367. The van der Waals surface area contributed by atoms with E-state index in [1.165, 1.54) is 43.1 Å². The first-order chi connectivity index (χ1) is 9.20. The number of aryl methyl sites for hydroxylation is 1. The lowest BCUT2D eigenvalue weighted by Crippen LogP contribution is -2.37. The molecule has 1 aliphatic heterocycles. The monoisotopic (exact) mass is 281 g/mol. The number of thiazole rings is 1. The Balaban J connectivity index is 1.82. The van der Waals surface area contributed by atoms with E-state index in [-0.39, 0.29) is 0 Å². The highest BCUT2D eigenvalue weighted by Gasteiger charge is 2.23. The lowest BCUT2D eigenvalue weighted by Gasteiger charge is -2.33. The van der Waals surface area contributed by atoms with Crippen LogP contribution in [0.15, 0.2) is 5.38 Å². The highest BCUT2D eigenvalue weighted by atomic mass is 32.1. The molecule has 4 heteroatoms. The lowest BCUT2D eigenvalue weighted by molar-refractivity contribution is 0.172. The summed E-state index contributed by atoms with van der Waals surface area (Å²) in [7, 11) is 2.01. The van der Waals surface area contributed by atoms with Gasteiger partial charge in [-0.05, 0) is 66.2 Å². The number of hydrogen-bond acceptors (Lipinski definition) is 4. The molecule has 1 aliphatic rings. The van der Waals surface area contributed by atoms with Crippen molar-refractivity contribution in [3.8, 4) is 0 Å². The molecular formula is C15H27N3S. The first-order valence-corrected chi connectivity index (χ1v) is 8.41. The van der Waals surface area contributed by atoms with Gasteiger partial charge < -0.3 is 10.2 Å². The molecular weight excluding hydrogens is 254 g/mol. The maximum absolute atomic E-state index is 4.85. The lowest BCUT2D eigenvalue weighted by atomic mass is 9.97. The standard InChI is InChI=1S/C15H27N3S/c1-12(2)18-9-6-13(7-10-18)15-17-14(11-19-15)5-4-8-16-3/h11-13,16H,4-10H2,1-3H3. The van der Waals surface area contributed by atoms with Crippen molar-refractivity contribution in [3.05, 3.63) is 16.1 Å². The van der Waals surface area contributed by atoms with Gasteiger partial charge in [-0.3, -0.25) is 0 Å². The molecule has 2 rings (SSSR count). The van der Waals surface area contributed by atoms with Crippen LogP contribution in [-0.2, 0) is 6.42 Å². The van der Waals surface area contributed by atoms with Gasteiger partial charge in [-0.25, -0.2) is 4.98 Å². The Hall–Kier alpha value is -0.450. The molecule has 1 fully saturated rings. The molecule has 108 valence electrons. The van der Waals surface area contributed by atoms with Gasteiger partial charge in [-0.1, -0.05) is 0 Å². The summed E-state index contributed by atoms with van der Waals surface area (Å²) in [6.07, 6.45) is 4.86. The second-order valence-electron chi connectivity index (χ2n) is 5.79. The minimum atomic E-state index is 0.689. The van der Waals surface area contributed by atoms with Crippen LogP contribution in [0.4, 0.5) is 0 Å². The zero-order chi connectivity index (χ0) is 13.7. The van der Waals surface area contributed by atoms with Crippen LogP contribution in [0.25, 0.3) is 0 Å². The van der Waals surface area contributed by atoms with Crippen LogP contribution in [0, 0.1) is 0 Å². The van der Waals surface area contributed by atoms with Crippen molar-refractivity contribution in [1.82, 2.24) is 15.2 Å². The molecule has 0 aromatic carbocycles. The third kappa shape index (κ3) is 4.26. The Morgan fingerprint density at radius 3 is 2.79 bits per heavy atom. The quantitative estimate of drug-likeness (QED) is 0.813. The predicted molar refractivity (Wildman–Crippen MR) is 83.0 cm³/mol. The highest BCUT2D eigenvalue weighted by molar-refractivity contribution is 7.09. The van der Waals surface area contributed by atoms with E-state index in [4.69, 9.17) is 4.98 Å². The summed E-state index contributed by atoms with van der Waals surface area (Å²) >= 11 is 1.87. The minimum Gasteiger partial charge on any atom is -0.320 e. The van der Waals surface area contributed by atoms with E-state index < -0.39 is 0 Å². The van der Waals surface area contributed by atoms with Crippen molar-refractivity contribution >= 4 is 11.3 Å². The van der Waals surface area contributed by atoms with Crippen LogP contribution in [0.3, 0.4) is 0 Å². The molecule has 3 nitrogen and oxygen atoms in total. The molecule has 0 radical (unpaired) electrons. The van der Waals surface area contributed by atoms with Crippen LogP contribution in [0.5, 0.6) is 0 Å². The van der Waals surface area contributed by atoms with Crippen LogP contribution in [-0.4, -0.2) is 42.6 Å². The SMILES string of the molecule is CNCCCc1csc(C2CCN(C(C)C)CC2)n1. The summed E-state index contributed by atoms with van der Waals surface area (Å²) in [5.74, 6) is 0.707. The molecule has 1 saturated heterocycles. The van der Waals surface area contributed by atoms with E-state index in [9.17, 15) is 0 Å². The molecule has 0 unspecified atom stereocenters. The average molecular weight is 281 g/mol. The van der Waals surface area contributed by atoms with Crippen LogP contribution >= 0.6 is 11.3 Å². The van der Waals surface area contributed by atoms with Gasteiger partial charge in [0.05, 0.1) is 10.7 Å². The van der Waals surface area contributed by atoms with E-state index in [1.54, 1.807) is 0 Å². The molecule has 0 amide bonds. The van der Waals surface area contributed by atoms with Crippen molar-refractivity contribution in [2.75, 3.05) is 26.7 Å². The number of hydrogen-bond donors (Lipinski definition) is 1. The fourth-order valence-corrected chi connectivity index (χ4v) is 3.76. The summed E-state index contributed by atoms with van der Waals surface area (Å²) in [6, 6.07) is 0.689. The van der Waals surface area contributed by atoms with Gasteiger partial charge in [0.2, 0.25) is 0 Å². The molecule has 19 heavy (non-hydrogen) atoms. The van der Waals surface area contributed by atoms with Crippen LogP contribution in [0.1, 0.15) is 49.7 Å². The first-order valence-electron chi connectivity index (χ1n) is 7.53. The zero-order valence-electron chi connectivity index (χ0n) is 12.5. The van der Waals surface area contributed by atoms with Gasteiger partial charge in [0.1, 0.15) is 0 Å². The van der Waals surface area contributed by atoms with E-state index in [0.29, 0.717) is 12.0 Å². The normalized spacial score (nSPS) is 18.3. The molecule has 1 aromatic rings. The second-order valence-corrected chi connectivity index (χ2v) is 6.68. The smallest absolute Gasteiger partial charge is 0.0960 e. The van der Waals surface area contributed by atoms with E-state index in [0.717, 1.165) is 13.0 Å². The number of likely N-dealkylation sites (tertiary alicyclic amines) is 1.